The molecule has 3 rings (SSSR count). The number of rotatable bonds is 3. The van der Waals surface area contributed by atoms with Crippen LogP contribution in [0.1, 0.15) is 16.2 Å². The van der Waals surface area contributed by atoms with E-state index in [1.807, 2.05) is 6.07 Å². The molecule has 3 aromatic rings. The molecular formula is C17H10ClN3O3. The van der Waals surface area contributed by atoms with Gasteiger partial charge in [-0.15, -0.1) is 0 Å². The molecular weight excluding hydrogens is 330 g/mol. The Kier molecular flexibility index (Phi) is 3.94. The first-order valence-electron chi connectivity index (χ1n) is 6.80. The molecule has 1 amide bonds. The molecule has 118 valence electrons. The largest absolute Gasteiger partial charge is 0.505 e. The van der Waals surface area contributed by atoms with Crippen molar-refractivity contribution >= 4 is 28.3 Å². The average molecular weight is 340 g/mol. The van der Waals surface area contributed by atoms with Crippen LogP contribution in [0.3, 0.4) is 0 Å². The number of nitrogens with two attached hydrogens (primary N) is 1. The van der Waals surface area contributed by atoms with Crippen LogP contribution in [0, 0.1) is 11.3 Å². The van der Waals surface area contributed by atoms with Gasteiger partial charge in [0.2, 0.25) is 0 Å². The number of aromatic hydroxyl groups is 1. The molecule has 0 radical (unpaired) electrons. The summed E-state index contributed by atoms with van der Waals surface area (Å²) in [5.41, 5.74) is 4.81. The summed E-state index contributed by atoms with van der Waals surface area (Å²) in [5.74, 6) is -0.635. The first-order chi connectivity index (χ1) is 11.5. The molecule has 0 atom stereocenters. The second-order valence-corrected chi connectivity index (χ2v) is 5.30. The number of fused-ring (bicyclic) bond motifs is 1. The number of carbonyl (C=O) groups is 1. The number of hydrogen-bond acceptors (Lipinski definition) is 5. The summed E-state index contributed by atoms with van der Waals surface area (Å²) in [6.45, 7) is 0. The molecule has 6 nitrogen and oxygen atoms in total. The van der Waals surface area contributed by atoms with Gasteiger partial charge in [-0.1, -0.05) is 23.7 Å². The lowest BCUT2D eigenvalue weighted by Crippen LogP contribution is -2.14. The fraction of sp³-hybridized carbons (Fsp3) is 0. The zero-order chi connectivity index (χ0) is 17.3. The van der Waals surface area contributed by atoms with Gasteiger partial charge in [0.25, 0.3) is 5.91 Å². The molecule has 24 heavy (non-hydrogen) atoms. The van der Waals surface area contributed by atoms with Crippen molar-refractivity contribution in [3.8, 4) is 23.3 Å². The average Bonchev–Trinajstić information content (AvgIpc) is 2.57. The number of ether oxygens (including phenoxy) is 1. The smallest absolute Gasteiger partial charge is 0.271 e. The molecule has 0 fully saturated rings. The third-order valence-corrected chi connectivity index (χ3v) is 3.60. The summed E-state index contributed by atoms with van der Waals surface area (Å²) in [4.78, 5) is 15.3. The predicted molar refractivity (Wildman–Crippen MR) is 88.2 cm³/mol. The number of hydrogen-bond donors (Lipinski definition) is 2. The second kappa shape index (κ2) is 6.07. The van der Waals surface area contributed by atoms with E-state index in [1.165, 1.54) is 0 Å². The molecule has 0 aliphatic heterocycles. The van der Waals surface area contributed by atoms with Gasteiger partial charge >= 0.3 is 0 Å². The number of nitrogens with zero attached hydrogens (tertiary/aromatic N) is 2. The van der Waals surface area contributed by atoms with Crippen LogP contribution in [0.2, 0.25) is 5.02 Å². The van der Waals surface area contributed by atoms with Crippen molar-refractivity contribution in [3.05, 3.63) is 58.9 Å². The Hall–Kier alpha value is -3.30. The molecule has 0 saturated heterocycles. The number of amides is 1. The van der Waals surface area contributed by atoms with Crippen LogP contribution in [0.25, 0.3) is 10.8 Å². The second-order valence-electron chi connectivity index (χ2n) is 4.87. The fourth-order valence-electron chi connectivity index (χ4n) is 2.29. The molecule has 7 heteroatoms. The third-order valence-electron chi connectivity index (χ3n) is 3.35. The zero-order valence-corrected chi connectivity index (χ0v) is 12.9. The van der Waals surface area contributed by atoms with Gasteiger partial charge in [-0.25, -0.2) is 4.98 Å². The summed E-state index contributed by atoms with van der Waals surface area (Å²) in [7, 11) is 0. The van der Waals surface area contributed by atoms with Crippen molar-refractivity contribution < 1.29 is 14.6 Å². The number of halogens is 1. The Morgan fingerprint density at radius 2 is 1.96 bits per heavy atom. The highest BCUT2D eigenvalue weighted by Gasteiger charge is 2.20. The van der Waals surface area contributed by atoms with E-state index in [0.29, 0.717) is 16.2 Å². The highest BCUT2D eigenvalue weighted by Crippen LogP contribution is 2.38. The van der Waals surface area contributed by atoms with Gasteiger partial charge in [0.15, 0.2) is 11.4 Å². The van der Waals surface area contributed by atoms with E-state index >= 15 is 0 Å². The Morgan fingerprint density at radius 3 is 2.58 bits per heavy atom. The van der Waals surface area contributed by atoms with E-state index in [-0.39, 0.29) is 22.5 Å². The number of carbonyl (C=O) groups excluding carboxylic acids is 1. The van der Waals surface area contributed by atoms with Crippen LogP contribution in [-0.2, 0) is 0 Å². The van der Waals surface area contributed by atoms with Crippen molar-refractivity contribution in [3.63, 3.8) is 0 Å². The molecule has 0 aliphatic rings. The number of benzene rings is 2. The highest BCUT2D eigenvalue weighted by molar-refractivity contribution is 6.30. The van der Waals surface area contributed by atoms with E-state index in [9.17, 15) is 15.2 Å². The van der Waals surface area contributed by atoms with Crippen LogP contribution >= 0.6 is 11.6 Å². The van der Waals surface area contributed by atoms with Crippen LogP contribution in [-0.4, -0.2) is 16.0 Å². The number of primary amides is 1. The van der Waals surface area contributed by atoms with Crippen molar-refractivity contribution in [2.75, 3.05) is 0 Å². The molecule has 1 heterocycles. The Morgan fingerprint density at radius 1 is 1.25 bits per heavy atom. The minimum Gasteiger partial charge on any atom is -0.505 e. The van der Waals surface area contributed by atoms with Gasteiger partial charge in [-0.3, -0.25) is 4.79 Å². The number of aromatic nitrogens is 1. The van der Waals surface area contributed by atoms with E-state index in [0.717, 1.165) is 0 Å². The van der Waals surface area contributed by atoms with Gasteiger partial charge < -0.3 is 15.6 Å². The Bertz CT molecular complexity index is 995. The predicted octanol–water partition coefficient (Wildman–Crippen LogP) is 3.36. The molecule has 0 saturated carbocycles. The lowest BCUT2D eigenvalue weighted by atomic mass is 10.1. The van der Waals surface area contributed by atoms with Gasteiger partial charge in [-0.2, -0.15) is 5.26 Å². The zero-order valence-electron chi connectivity index (χ0n) is 12.2. The number of nitriles is 1. The summed E-state index contributed by atoms with van der Waals surface area (Å²) >= 11 is 5.84. The molecule has 0 unspecified atom stereocenters. The SMILES string of the molecule is N#Cc1nc(C(N)=O)c(O)c2c(Oc3ccc(Cl)cc3)cccc12. The third kappa shape index (κ3) is 2.69. The van der Waals surface area contributed by atoms with Crippen molar-refractivity contribution in [2.45, 2.75) is 0 Å². The lowest BCUT2D eigenvalue weighted by molar-refractivity contribution is 0.0993. The van der Waals surface area contributed by atoms with E-state index in [2.05, 4.69) is 4.98 Å². The number of pyridine rings is 1. The van der Waals surface area contributed by atoms with Crippen molar-refractivity contribution in [1.29, 1.82) is 5.26 Å². The maximum atomic E-state index is 11.5. The molecule has 0 aliphatic carbocycles. The quantitative estimate of drug-likeness (QED) is 0.760. The monoisotopic (exact) mass is 339 g/mol. The molecule has 0 bridgehead atoms. The van der Waals surface area contributed by atoms with E-state index in [1.54, 1.807) is 42.5 Å². The summed E-state index contributed by atoms with van der Waals surface area (Å²) in [5, 5.41) is 20.7. The van der Waals surface area contributed by atoms with E-state index in [4.69, 9.17) is 22.1 Å². The van der Waals surface area contributed by atoms with Crippen LogP contribution in [0.15, 0.2) is 42.5 Å². The van der Waals surface area contributed by atoms with Gasteiger partial charge in [-0.05, 0) is 30.3 Å². The maximum Gasteiger partial charge on any atom is 0.271 e. The maximum absolute atomic E-state index is 11.5. The highest BCUT2D eigenvalue weighted by atomic mass is 35.5. The first kappa shape index (κ1) is 15.6. The van der Waals surface area contributed by atoms with Crippen molar-refractivity contribution in [2.24, 2.45) is 5.73 Å². The molecule has 0 spiro atoms. The minimum absolute atomic E-state index is 0.0295. The van der Waals surface area contributed by atoms with Crippen LogP contribution in [0.5, 0.6) is 17.2 Å². The van der Waals surface area contributed by atoms with Gasteiger partial charge in [0.05, 0.1) is 5.39 Å². The molecule has 1 aromatic heterocycles. The summed E-state index contributed by atoms with van der Waals surface area (Å²) < 4.78 is 5.75. The lowest BCUT2D eigenvalue weighted by Gasteiger charge is -2.12. The standard InChI is InChI=1S/C17H10ClN3O3/c18-9-4-6-10(7-5-9)24-13-3-1-2-11-12(8-19)21-15(17(20)23)16(22)14(11)13/h1-7,22H,(H2,20,23). The van der Waals surface area contributed by atoms with Gasteiger partial charge in [0.1, 0.15) is 23.3 Å². The first-order valence-corrected chi connectivity index (χ1v) is 7.18. The molecule has 2 aromatic carbocycles. The Labute approximate surface area is 141 Å². The molecule has 3 N–H and O–H groups in total. The van der Waals surface area contributed by atoms with Crippen molar-refractivity contribution in [1.82, 2.24) is 4.98 Å². The Balaban J connectivity index is 2.25. The van der Waals surface area contributed by atoms with Crippen LogP contribution < -0.4 is 10.5 Å². The summed E-state index contributed by atoms with van der Waals surface area (Å²) in [6.07, 6.45) is 0. The minimum atomic E-state index is -0.938. The summed E-state index contributed by atoms with van der Waals surface area (Å²) in [6, 6.07) is 13.3. The van der Waals surface area contributed by atoms with E-state index < -0.39 is 11.7 Å². The fourth-order valence-corrected chi connectivity index (χ4v) is 2.41. The van der Waals surface area contributed by atoms with Gasteiger partial charge in [0, 0.05) is 10.4 Å². The normalized spacial score (nSPS) is 10.3. The van der Waals surface area contributed by atoms with Crippen LogP contribution in [0.4, 0.5) is 0 Å². The topological polar surface area (TPSA) is 109 Å².